The third-order valence-corrected chi connectivity index (χ3v) is 5.16. The number of H-pyrrole nitrogens is 1. The highest BCUT2D eigenvalue weighted by Crippen LogP contribution is 2.38. The Kier molecular flexibility index (Phi) is 6.41. The van der Waals surface area contributed by atoms with E-state index >= 15 is 0 Å². The molecule has 0 aliphatic heterocycles. The van der Waals surface area contributed by atoms with Crippen molar-refractivity contribution < 1.29 is 24.2 Å². The summed E-state index contributed by atoms with van der Waals surface area (Å²) in [6.45, 7) is 5.52. The van der Waals surface area contributed by atoms with E-state index in [-0.39, 0.29) is 23.9 Å². The number of carbonyl (C=O) groups is 2. The molecule has 0 amide bonds. The molecule has 0 saturated carbocycles. The number of aromatic nitrogens is 1. The Bertz CT molecular complexity index is 1140. The highest BCUT2D eigenvalue weighted by Gasteiger charge is 2.26. The van der Waals surface area contributed by atoms with Crippen LogP contribution in [0.15, 0.2) is 48.5 Å². The van der Waals surface area contributed by atoms with Crippen molar-refractivity contribution in [1.82, 2.24) is 4.98 Å². The molecule has 0 spiro atoms. The lowest BCUT2D eigenvalue weighted by Crippen LogP contribution is -2.30. The topological polar surface area (TPSA) is 90.4 Å². The molecule has 0 unspecified atom stereocenters. The van der Waals surface area contributed by atoms with Crippen LogP contribution in [0.2, 0.25) is 0 Å². The molecule has 0 aliphatic rings. The molecule has 0 fully saturated rings. The van der Waals surface area contributed by atoms with E-state index in [0.29, 0.717) is 5.69 Å². The Morgan fingerprint density at radius 1 is 1.13 bits per heavy atom. The van der Waals surface area contributed by atoms with E-state index < -0.39 is 18.0 Å². The summed E-state index contributed by atoms with van der Waals surface area (Å²) >= 11 is 0. The number of ketones is 1. The molecule has 1 heterocycles. The first kappa shape index (κ1) is 22.4. The number of aliphatic carboxylic acids is 1. The zero-order chi connectivity index (χ0) is 22.8. The van der Waals surface area contributed by atoms with Gasteiger partial charge in [0.25, 0.3) is 0 Å². The van der Waals surface area contributed by atoms with E-state index in [9.17, 15) is 19.1 Å². The van der Waals surface area contributed by atoms with Crippen LogP contribution in [0.1, 0.15) is 50.8 Å². The van der Waals surface area contributed by atoms with Crippen molar-refractivity contribution in [1.29, 1.82) is 0 Å². The molecule has 6 heteroatoms. The third kappa shape index (κ3) is 5.27. The highest BCUT2D eigenvalue weighted by atomic mass is 19.1. The first-order valence-electron chi connectivity index (χ1n) is 10.1. The van der Waals surface area contributed by atoms with Gasteiger partial charge in [-0.25, -0.2) is 4.39 Å². The molecule has 162 valence electrons. The second-order valence-corrected chi connectivity index (χ2v) is 8.39. The number of fused-ring (bicyclic) bond motifs is 1. The largest absolute Gasteiger partial charge is 0.481 e. The van der Waals surface area contributed by atoms with Gasteiger partial charge >= 0.3 is 5.97 Å². The van der Waals surface area contributed by atoms with Crippen LogP contribution in [-0.2, 0) is 9.59 Å². The number of nitrogens with one attached hydrogen (secondary N) is 1. The summed E-state index contributed by atoms with van der Waals surface area (Å²) in [5, 5.41) is 20.0. The summed E-state index contributed by atoms with van der Waals surface area (Å²) in [6.07, 6.45) is 2.14. The Morgan fingerprint density at radius 3 is 2.42 bits per heavy atom. The second kappa shape index (κ2) is 8.86. The maximum atomic E-state index is 13.5. The molecule has 0 bridgehead atoms. The molecule has 5 nitrogen and oxygen atoms in total. The third-order valence-electron chi connectivity index (χ3n) is 5.16. The number of rotatable bonds is 8. The SMILES string of the molecule is CC(C)c1cccc2[nH]c(/C=C/C(=O)C[C@](C)(O)CC(=O)O)c(-c3ccc(F)cc3)c12. The quantitative estimate of drug-likeness (QED) is 0.429. The normalized spacial score (nSPS) is 13.7. The summed E-state index contributed by atoms with van der Waals surface area (Å²) in [5.41, 5.74) is 2.75. The van der Waals surface area contributed by atoms with Crippen LogP contribution in [0.4, 0.5) is 4.39 Å². The van der Waals surface area contributed by atoms with Gasteiger partial charge in [-0.15, -0.1) is 0 Å². The average molecular weight is 423 g/mol. The summed E-state index contributed by atoms with van der Waals surface area (Å²) in [7, 11) is 0. The molecule has 31 heavy (non-hydrogen) atoms. The van der Waals surface area contributed by atoms with E-state index in [0.717, 1.165) is 27.6 Å². The maximum Gasteiger partial charge on any atom is 0.306 e. The van der Waals surface area contributed by atoms with Gasteiger partial charge in [-0.1, -0.05) is 38.1 Å². The van der Waals surface area contributed by atoms with Crippen LogP contribution in [0.5, 0.6) is 0 Å². The average Bonchev–Trinajstić information content (AvgIpc) is 3.04. The molecule has 0 radical (unpaired) electrons. The molecular weight excluding hydrogens is 397 g/mol. The molecule has 0 aliphatic carbocycles. The van der Waals surface area contributed by atoms with E-state index in [1.54, 1.807) is 18.2 Å². The summed E-state index contributed by atoms with van der Waals surface area (Å²) < 4.78 is 13.5. The van der Waals surface area contributed by atoms with Gasteiger partial charge < -0.3 is 15.2 Å². The molecule has 0 saturated heterocycles. The zero-order valence-electron chi connectivity index (χ0n) is 17.8. The number of hydrogen-bond acceptors (Lipinski definition) is 3. The molecule has 3 aromatic rings. The number of halogens is 1. The molecule has 2 aromatic carbocycles. The standard InChI is InChI=1S/C25H26FNO4/c1-15(2)19-5-4-6-20-24(19)23(16-7-9-17(26)10-8-16)21(27-20)12-11-18(28)13-25(3,31)14-22(29)30/h4-12,15,27,31H,13-14H2,1-3H3,(H,29,30)/b12-11+/t25-/m0/s1. The fraction of sp³-hybridized carbons (Fsp3) is 0.280. The summed E-state index contributed by atoms with van der Waals surface area (Å²) in [4.78, 5) is 26.6. The van der Waals surface area contributed by atoms with Crippen molar-refractivity contribution in [3.05, 3.63) is 65.6 Å². The Hall–Kier alpha value is -3.25. The zero-order valence-corrected chi connectivity index (χ0v) is 17.8. The van der Waals surface area contributed by atoms with Crippen LogP contribution in [0.25, 0.3) is 28.1 Å². The monoisotopic (exact) mass is 423 g/mol. The van der Waals surface area contributed by atoms with Crippen LogP contribution < -0.4 is 0 Å². The minimum absolute atomic E-state index is 0.253. The minimum Gasteiger partial charge on any atom is -0.481 e. The Morgan fingerprint density at radius 2 is 1.81 bits per heavy atom. The van der Waals surface area contributed by atoms with Gasteiger partial charge in [0, 0.05) is 28.6 Å². The van der Waals surface area contributed by atoms with E-state index in [1.807, 2.05) is 12.1 Å². The predicted octanol–water partition coefficient (Wildman–Crippen LogP) is 5.30. The van der Waals surface area contributed by atoms with Crippen molar-refractivity contribution >= 4 is 28.7 Å². The van der Waals surface area contributed by atoms with Crippen LogP contribution >= 0.6 is 0 Å². The first-order chi connectivity index (χ1) is 14.6. The number of aromatic amines is 1. The number of carboxylic acid groups (broad SMARTS) is 1. The van der Waals surface area contributed by atoms with Gasteiger partial charge in [0.1, 0.15) is 5.82 Å². The molecule has 1 atom stereocenters. The fourth-order valence-corrected chi connectivity index (χ4v) is 3.82. The fourth-order valence-electron chi connectivity index (χ4n) is 3.82. The first-order valence-corrected chi connectivity index (χ1v) is 10.1. The lowest BCUT2D eigenvalue weighted by atomic mass is 9.92. The van der Waals surface area contributed by atoms with Gasteiger partial charge in [-0.2, -0.15) is 0 Å². The van der Waals surface area contributed by atoms with Crippen molar-refractivity contribution in [2.75, 3.05) is 0 Å². The van der Waals surface area contributed by atoms with Gasteiger partial charge in [-0.05, 0) is 54.3 Å². The van der Waals surface area contributed by atoms with Crippen LogP contribution in [0.3, 0.4) is 0 Å². The Labute approximate surface area is 180 Å². The number of allylic oxidation sites excluding steroid dienone is 1. The van der Waals surface area contributed by atoms with Gasteiger partial charge in [0.2, 0.25) is 0 Å². The van der Waals surface area contributed by atoms with Gasteiger partial charge in [-0.3, -0.25) is 9.59 Å². The van der Waals surface area contributed by atoms with Gasteiger partial charge in [0.05, 0.1) is 12.0 Å². The maximum absolute atomic E-state index is 13.5. The van der Waals surface area contributed by atoms with Crippen molar-refractivity contribution in [3.8, 4) is 11.1 Å². The van der Waals surface area contributed by atoms with Crippen molar-refractivity contribution in [2.45, 2.75) is 45.1 Å². The summed E-state index contributed by atoms with van der Waals surface area (Å²) in [6, 6.07) is 12.2. The molecule has 3 rings (SSSR count). The number of carboxylic acids is 1. The van der Waals surface area contributed by atoms with Crippen molar-refractivity contribution in [2.24, 2.45) is 0 Å². The second-order valence-electron chi connectivity index (χ2n) is 8.39. The lowest BCUT2D eigenvalue weighted by Gasteiger charge is -2.18. The van der Waals surface area contributed by atoms with E-state index in [1.165, 1.54) is 25.1 Å². The minimum atomic E-state index is -1.63. The van der Waals surface area contributed by atoms with Crippen molar-refractivity contribution in [3.63, 3.8) is 0 Å². The Balaban J connectivity index is 2.06. The number of hydrogen-bond donors (Lipinski definition) is 3. The molecular formula is C25H26FNO4. The lowest BCUT2D eigenvalue weighted by molar-refractivity contribution is -0.142. The molecule has 3 N–H and O–H groups in total. The van der Waals surface area contributed by atoms with E-state index in [4.69, 9.17) is 5.11 Å². The smallest absolute Gasteiger partial charge is 0.306 e. The van der Waals surface area contributed by atoms with Gasteiger partial charge in [0.15, 0.2) is 5.78 Å². The highest BCUT2D eigenvalue weighted by molar-refractivity contribution is 6.04. The number of benzene rings is 2. The summed E-state index contributed by atoms with van der Waals surface area (Å²) in [5.74, 6) is -1.64. The van der Waals surface area contributed by atoms with Crippen LogP contribution in [0, 0.1) is 5.82 Å². The molecule has 1 aromatic heterocycles. The van der Waals surface area contributed by atoms with Crippen LogP contribution in [-0.4, -0.2) is 32.6 Å². The number of aliphatic hydroxyl groups is 1. The predicted molar refractivity (Wildman–Crippen MR) is 119 cm³/mol. The number of carbonyl (C=O) groups excluding carboxylic acids is 1. The van der Waals surface area contributed by atoms with E-state index in [2.05, 4.69) is 24.9 Å².